The Bertz CT molecular complexity index is 4480. The molecule has 0 spiro atoms. The molecule has 0 aliphatic rings. The molecule has 0 bridgehead atoms. The number of unbranched alkanes of at least 4 members (excludes halogenated alkanes) is 6. The first-order valence-electron chi connectivity index (χ1n) is 29.9. The van der Waals surface area contributed by atoms with Gasteiger partial charge in [0.15, 0.2) is 10.9 Å². The summed E-state index contributed by atoms with van der Waals surface area (Å²) in [6.07, 6.45) is 8.34. The molecule has 0 saturated heterocycles. The zero-order valence-electron chi connectivity index (χ0n) is 49.9. The van der Waals surface area contributed by atoms with Crippen LogP contribution in [0.4, 0.5) is 0 Å². The number of phenolic OH excluding ortho intramolecular Hbond substituents is 2. The number of hydrogen-bond acceptors (Lipinski definition) is 14. The number of phenols is 2. The summed E-state index contributed by atoms with van der Waals surface area (Å²) in [6, 6.07) is 30.6. The van der Waals surface area contributed by atoms with Gasteiger partial charge < -0.3 is 58.8 Å². The van der Waals surface area contributed by atoms with Gasteiger partial charge in [-0.05, 0) is 139 Å². The molecule has 10 aromatic rings. The monoisotopic (exact) mass is 1330 g/mol. The molecule has 0 aliphatic carbocycles. The van der Waals surface area contributed by atoms with Crippen LogP contribution in [0.2, 0.25) is 10.0 Å². The van der Waals surface area contributed by atoms with E-state index in [9.17, 15) is 49.2 Å². The Morgan fingerprint density at radius 2 is 0.837 bits per heavy atom. The molecule has 0 aliphatic heterocycles. The summed E-state index contributed by atoms with van der Waals surface area (Å²) in [5.74, 6) is -2.35. The lowest BCUT2D eigenvalue weighted by atomic mass is 9.91. The molecule has 2 heterocycles. The maximum atomic E-state index is 13.2. The van der Waals surface area contributed by atoms with Crippen molar-refractivity contribution in [2.45, 2.75) is 51.4 Å². The molecule has 2 aromatic heterocycles. The number of rotatable bonds is 30. The lowest BCUT2D eigenvalue weighted by Crippen LogP contribution is -2.28. The first kappa shape index (κ1) is 68.1. The van der Waals surface area contributed by atoms with Crippen molar-refractivity contribution in [2.24, 2.45) is 0 Å². The molecule has 2 amide bonds. The van der Waals surface area contributed by atoms with Crippen LogP contribution in [-0.4, -0.2) is 122 Å². The molecule has 0 atom stereocenters. The third kappa shape index (κ3) is 16.8. The predicted octanol–water partition coefficient (Wildman–Crippen LogP) is 14.8. The van der Waals surface area contributed by atoms with E-state index in [0.29, 0.717) is 122 Å². The molecule has 18 nitrogen and oxygen atoms in total. The van der Waals surface area contributed by atoms with Gasteiger partial charge in [0.05, 0.1) is 60.8 Å². The van der Waals surface area contributed by atoms with E-state index in [4.69, 9.17) is 74.2 Å². The summed E-state index contributed by atoms with van der Waals surface area (Å²) in [4.78, 5) is 75.2. The second-order valence-corrected chi connectivity index (χ2v) is 23.1. The van der Waals surface area contributed by atoms with Crippen LogP contribution < -0.4 is 21.5 Å². The number of aromatic hydroxyl groups is 2. The zero-order valence-corrected chi connectivity index (χ0v) is 52.9. The Balaban J connectivity index is 0.000000217. The number of hydrogen-bond donors (Lipinski definition) is 6. The first-order valence-corrected chi connectivity index (χ1v) is 31.8. The maximum Gasteiger partial charge on any atom is 0.336 e. The van der Waals surface area contributed by atoms with E-state index in [1.807, 2.05) is 0 Å². The van der Waals surface area contributed by atoms with E-state index >= 15 is 0 Å². The fraction of sp³-hybridized carbons (Fsp3) is 0.286. The van der Waals surface area contributed by atoms with Gasteiger partial charge in [-0.1, -0.05) is 67.1 Å². The minimum absolute atomic E-state index is 0.0403. The first-order chi connectivity index (χ1) is 44.6. The van der Waals surface area contributed by atoms with Crippen LogP contribution >= 0.6 is 46.4 Å². The van der Waals surface area contributed by atoms with Crippen molar-refractivity contribution in [1.82, 2.24) is 10.6 Å². The molecule has 92 heavy (non-hydrogen) atoms. The van der Waals surface area contributed by atoms with Crippen molar-refractivity contribution in [1.29, 1.82) is 0 Å². The van der Waals surface area contributed by atoms with Crippen molar-refractivity contribution in [3.63, 3.8) is 0 Å². The summed E-state index contributed by atoms with van der Waals surface area (Å²) in [7, 11) is 0. The molecular formula is C70H66Cl4N2O16. The number of carbonyl (C=O) groups excluding carboxylic acids is 2. The SMILES string of the molecule is O=C(NCCOCCOCCCCCCCl)c1ccc(-c2c3cc(Cl)c(O)cc3oc3c2ccc2cc(=O)ccc23)c(C(=O)O)c1.O=C(NCCOCCOCCCCCCCl)c1ccc(C(=O)O)c(-c2c3cc(Cl)c(O)cc3oc3c2ccc2cc(=O)ccc23)c1. The topological polar surface area (TPSA) is 271 Å². The number of ether oxygens (including phenoxy) is 4. The predicted molar refractivity (Wildman–Crippen MR) is 359 cm³/mol. The number of carbonyl (C=O) groups is 4. The van der Waals surface area contributed by atoms with Crippen molar-refractivity contribution in [3.05, 3.63) is 174 Å². The van der Waals surface area contributed by atoms with E-state index in [2.05, 4.69) is 10.6 Å². The molecule has 0 fully saturated rings. The van der Waals surface area contributed by atoms with Gasteiger partial charge in [0, 0.05) is 105 Å². The van der Waals surface area contributed by atoms with Gasteiger partial charge in [-0.15, -0.1) is 23.2 Å². The van der Waals surface area contributed by atoms with E-state index < -0.39 is 23.8 Å². The van der Waals surface area contributed by atoms with Gasteiger partial charge in [-0.3, -0.25) is 19.2 Å². The van der Waals surface area contributed by atoms with Crippen LogP contribution in [0.15, 0.2) is 140 Å². The Morgan fingerprint density at radius 1 is 0.413 bits per heavy atom. The summed E-state index contributed by atoms with van der Waals surface area (Å²) in [6.45, 7) is 4.09. The molecule has 6 N–H and O–H groups in total. The van der Waals surface area contributed by atoms with Gasteiger partial charge in [0.2, 0.25) is 0 Å². The second kappa shape index (κ2) is 32.8. The minimum Gasteiger partial charge on any atom is -0.506 e. The fourth-order valence-electron chi connectivity index (χ4n) is 10.7. The van der Waals surface area contributed by atoms with Crippen LogP contribution in [-0.2, 0) is 18.9 Å². The van der Waals surface area contributed by atoms with Crippen molar-refractivity contribution in [2.75, 3.05) is 77.7 Å². The highest BCUT2D eigenvalue weighted by atomic mass is 35.5. The number of benzene rings is 8. The average Bonchev–Trinajstić information content (AvgIpc) is 0.749. The number of halogens is 4. The molecular weight excluding hydrogens is 1270 g/mol. The van der Waals surface area contributed by atoms with Crippen LogP contribution in [0.25, 0.3) is 87.7 Å². The normalized spacial score (nSPS) is 11.4. The number of aromatic carboxylic acids is 2. The van der Waals surface area contributed by atoms with E-state index in [0.717, 1.165) is 51.4 Å². The highest BCUT2D eigenvalue weighted by Gasteiger charge is 2.25. The molecule has 0 unspecified atom stereocenters. The Hall–Kier alpha value is -8.30. The number of fused-ring (bicyclic) bond motifs is 8. The number of nitrogens with one attached hydrogen (secondary N) is 2. The standard InChI is InChI=1S/2C35H33Cl2NO8/c36-11-3-1-2-4-13-44-15-16-45-14-12-38-34(41)22-6-8-25(35(42)43)27(18-22)32-26-9-5-21-17-23(39)7-10-24(21)33(26)46-31-20-30(40)29(37)19-28(31)32;36-11-3-1-2-4-13-44-15-16-45-14-12-38-34(41)22-6-8-25(27(18-22)35(42)43)32-26-9-5-21-17-23(39)7-10-24(21)33(26)46-31-20-30(40)29(37)19-28(31)32/h2*5-10,17-20,40H,1-4,11-16H2,(H,38,41)(H,42,43). The van der Waals surface area contributed by atoms with Crippen LogP contribution in [0.1, 0.15) is 92.8 Å². The highest BCUT2D eigenvalue weighted by molar-refractivity contribution is 6.34. The molecule has 480 valence electrons. The average molecular weight is 1330 g/mol. The smallest absolute Gasteiger partial charge is 0.336 e. The van der Waals surface area contributed by atoms with Gasteiger partial charge in [0.25, 0.3) is 11.8 Å². The fourth-order valence-corrected chi connectivity index (χ4v) is 11.4. The molecule has 8 aromatic carbocycles. The quantitative estimate of drug-likeness (QED) is 0.0106. The van der Waals surface area contributed by atoms with E-state index in [-0.39, 0.29) is 97.7 Å². The van der Waals surface area contributed by atoms with Gasteiger partial charge in [-0.25, -0.2) is 9.59 Å². The minimum atomic E-state index is -1.24. The summed E-state index contributed by atoms with van der Waals surface area (Å²) >= 11 is 23.9. The van der Waals surface area contributed by atoms with E-state index in [1.165, 1.54) is 72.8 Å². The summed E-state index contributed by atoms with van der Waals surface area (Å²) < 4.78 is 34.7. The zero-order chi connectivity index (χ0) is 65.3. The molecule has 22 heteroatoms. The van der Waals surface area contributed by atoms with Crippen molar-refractivity contribution < 1.29 is 67.4 Å². The van der Waals surface area contributed by atoms with Gasteiger partial charge >= 0.3 is 11.9 Å². The number of amides is 2. The molecule has 0 radical (unpaired) electrons. The van der Waals surface area contributed by atoms with Gasteiger partial charge in [0.1, 0.15) is 33.8 Å². The Labute approximate surface area is 547 Å². The van der Waals surface area contributed by atoms with Crippen LogP contribution in [0, 0.1) is 0 Å². The lowest BCUT2D eigenvalue weighted by Gasteiger charge is -2.16. The van der Waals surface area contributed by atoms with Gasteiger partial charge in [-0.2, -0.15) is 0 Å². The number of carboxylic acid groups (broad SMARTS) is 2. The third-order valence-corrected chi connectivity index (χ3v) is 16.3. The number of alkyl halides is 2. The van der Waals surface area contributed by atoms with Crippen molar-refractivity contribution in [3.8, 4) is 33.8 Å². The Morgan fingerprint density at radius 3 is 1.30 bits per heavy atom. The van der Waals surface area contributed by atoms with Crippen LogP contribution in [0.5, 0.6) is 11.5 Å². The van der Waals surface area contributed by atoms with Crippen molar-refractivity contribution >= 4 is 136 Å². The molecule has 0 saturated carbocycles. The maximum absolute atomic E-state index is 13.2. The third-order valence-electron chi connectivity index (χ3n) is 15.2. The Kier molecular flexibility index (Phi) is 24.3. The number of carboxylic acids is 2. The summed E-state index contributed by atoms with van der Waals surface area (Å²) in [5.41, 5.74) is 2.67. The molecule has 10 rings (SSSR count). The summed E-state index contributed by atoms with van der Waals surface area (Å²) in [5, 5.41) is 51.3. The van der Waals surface area contributed by atoms with Crippen LogP contribution in [0.3, 0.4) is 0 Å². The largest absolute Gasteiger partial charge is 0.506 e. The highest BCUT2D eigenvalue weighted by Crippen LogP contribution is 2.45. The lowest BCUT2D eigenvalue weighted by molar-refractivity contribution is 0.0468. The van der Waals surface area contributed by atoms with E-state index in [1.54, 1.807) is 48.5 Å². The second-order valence-electron chi connectivity index (χ2n) is 21.5.